The third-order valence-corrected chi connectivity index (χ3v) is 5.68. The largest absolute Gasteiger partial charge is 0.385 e. The number of sulfonamides is 1. The minimum Gasteiger partial charge on any atom is -0.385 e. The van der Waals surface area contributed by atoms with Gasteiger partial charge in [0.1, 0.15) is 0 Å². The topological polar surface area (TPSA) is 58.2 Å². The van der Waals surface area contributed by atoms with Crippen molar-refractivity contribution in [2.24, 2.45) is 5.92 Å². The van der Waals surface area contributed by atoms with Crippen molar-refractivity contribution in [2.45, 2.75) is 11.3 Å². The Kier molecular flexibility index (Phi) is 4.53. The van der Waals surface area contributed by atoms with E-state index in [4.69, 9.17) is 0 Å². The summed E-state index contributed by atoms with van der Waals surface area (Å²) in [6.07, 6.45) is 1.24. The SMILES string of the molecule is CNS(=O)(=O)c1cccc(NCC2CCSC2)c1. The number of thioether (sulfide) groups is 1. The van der Waals surface area contributed by atoms with Crippen molar-refractivity contribution >= 4 is 27.5 Å². The van der Waals surface area contributed by atoms with E-state index in [1.807, 2.05) is 17.8 Å². The highest BCUT2D eigenvalue weighted by Gasteiger charge is 2.15. The Morgan fingerprint density at radius 2 is 2.28 bits per heavy atom. The third-order valence-electron chi connectivity index (χ3n) is 3.03. The maximum Gasteiger partial charge on any atom is 0.240 e. The molecule has 6 heteroatoms. The standard InChI is InChI=1S/C12H18N2O2S2/c1-13-18(15,16)12-4-2-3-11(7-12)14-8-10-5-6-17-9-10/h2-4,7,10,13-14H,5-6,8-9H2,1H3. The van der Waals surface area contributed by atoms with Crippen LogP contribution in [0.2, 0.25) is 0 Å². The van der Waals surface area contributed by atoms with Gasteiger partial charge < -0.3 is 5.32 Å². The molecule has 1 aromatic rings. The molecule has 18 heavy (non-hydrogen) atoms. The van der Waals surface area contributed by atoms with Crippen molar-refractivity contribution in [3.63, 3.8) is 0 Å². The Morgan fingerprint density at radius 3 is 2.94 bits per heavy atom. The fourth-order valence-electron chi connectivity index (χ4n) is 1.90. The van der Waals surface area contributed by atoms with Crippen molar-refractivity contribution in [2.75, 3.05) is 30.4 Å². The van der Waals surface area contributed by atoms with Gasteiger partial charge in [0, 0.05) is 12.2 Å². The summed E-state index contributed by atoms with van der Waals surface area (Å²) < 4.78 is 25.7. The normalized spacial score (nSPS) is 19.9. The molecular weight excluding hydrogens is 268 g/mol. The lowest BCUT2D eigenvalue weighted by molar-refractivity contribution is 0.588. The number of rotatable bonds is 5. The zero-order chi connectivity index (χ0) is 13.0. The Bertz CT molecular complexity index is 497. The summed E-state index contributed by atoms with van der Waals surface area (Å²) in [5.74, 6) is 3.13. The van der Waals surface area contributed by atoms with Gasteiger partial charge >= 0.3 is 0 Å². The van der Waals surface area contributed by atoms with Crippen molar-refractivity contribution in [3.8, 4) is 0 Å². The van der Waals surface area contributed by atoms with Crippen LogP contribution in [-0.2, 0) is 10.0 Å². The van der Waals surface area contributed by atoms with Crippen LogP contribution in [0.15, 0.2) is 29.2 Å². The molecule has 1 fully saturated rings. The first-order valence-corrected chi connectivity index (χ1v) is 8.61. The molecule has 1 aromatic carbocycles. The second kappa shape index (κ2) is 5.95. The van der Waals surface area contributed by atoms with E-state index in [9.17, 15) is 8.42 Å². The zero-order valence-electron chi connectivity index (χ0n) is 10.3. The fraction of sp³-hybridized carbons (Fsp3) is 0.500. The number of anilines is 1. The van der Waals surface area contributed by atoms with Crippen molar-refractivity contribution in [3.05, 3.63) is 24.3 Å². The van der Waals surface area contributed by atoms with Gasteiger partial charge in [0.25, 0.3) is 0 Å². The first-order valence-electron chi connectivity index (χ1n) is 5.97. The molecule has 1 unspecified atom stereocenters. The quantitative estimate of drug-likeness (QED) is 0.866. The van der Waals surface area contributed by atoms with Crippen LogP contribution in [-0.4, -0.2) is 33.5 Å². The van der Waals surface area contributed by atoms with Crippen LogP contribution in [0.25, 0.3) is 0 Å². The van der Waals surface area contributed by atoms with E-state index >= 15 is 0 Å². The summed E-state index contributed by atoms with van der Waals surface area (Å²) in [5.41, 5.74) is 0.864. The Hall–Kier alpha value is -0.720. The molecule has 0 radical (unpaired) electrons. The summed E-state index contributed by atoms with van der Waals surface area (Å²) >= 11 is 1.98. The molecule has 100 valence electrons. The molecule has 2 N–H and O–H groups in total. The maximum atomic E-state index is 11.7. The fourth-order valence-corrected chi connectivity index (χ4v) is 3.96. The van der Waals surface area contributed by atoms with Gasteiger partial charge in [0.05, 0.1) is 4.90 Å². The molecule has 1 atom stereocenters. The van der Waals surface area contributed by atoms with Gasteiger partial charge in [0.2, 0.25) is 10.0 Å². The molecule has 1 aliphatic heterocycles. The van der Waals surface area contributed by atoms with E-state index in [1.165, 1.54) is 25.0 Å². The second-order valence-corrected chi connectivity index (χ2v) is 7.38. The summed E-state index contributed by atoms with van der Waals surface area (Å²) in [6, 6.07) is 6.93. The minimum atomic E-state index is -3.35. The van der Waals surface area contributed by atoms with E-state index in [0.717, 1.165) is 12.2 Å². The van der Waals surface area contributed by atoms with Crippen molar-refractivity contribution in [1.29, 1.82) is 0 Å². The van der Waals surface area contributed by atoms with Crippen LogP contribution in [0.1, 0.15) is 6.42 Å². The molecule has 1 aliphatic rings. The lowest BCUT2D eigenvalue weighted by Gasteiger charge is -2.12. The smallest absolute Gasteiger partial charge is 0.240 e. The van der Waals surface area contributed by atoms with Crippen LogP contribution < -0.4 is 10.0 Å². The molecule has 1 saturated heterocycles. The second-order valence-electron chi connectivity index (χ2n) is 4.35. The van der Waals surface area contributed by atoms with Crippen LogP contribution in [0.3, 0.4) is 0 Å². The van der Waals surface area contributed by atoms with Crippen molar-refractivity contribution < 1.29 is 8.42 Å². The van der Waals surface area contributed by atoms with Crippen molar-refractivity contribution in [1.82, 2.24) is 4.72 Å². The van der Waals surface area contributed by atoms with Gasteiger partial charge in [0.15, 0.2) is 0 Å². The summed E-state index contributed by atoms with van der Waals surface area (Å²) in [5, 5.41) is 3.32. The average molecular weight is 286 g/mol. The molecule has 1 heterocycles. The van der Waals surface area contributed by atoms with E-state index in [-0.39, 0.29) is 0 Å². The summed E-state index contributed by atoms with van der Waals surface area (Å²) in [7, 11) is -1.93. The highest BCUT2D eigenvalue weighted by molar-refractivity contribution is 7.99. The molecule has 2 rings (SSSR count). The summed E-state index contributed by atoms with van der Waals surface area (Å²) in [6.45, 7) is 0.913. The average Bonchev–Trinajstić information content (AvgIpc) is 2.90. The number of benzene rings is 1. The monoisotopic (exact) mass is 286 g/mol. The Balaban J connectivity index is 2.03. The van der Waals surface area contributed by atoms with Gasteiger partial charge in [-0.25, -0.2) is 13.1 Å². The van der Waals surface area contributed by atoms with Gasteiger partial charge in [-0.3, -0.25) is 0 Å². The van der Waals surface area contributed by atoms with Gasteiger partial charge in [-0.15, -0.1) is 0 Å². The van der Waals surface area contributed by atoms with Crippen LogP contribution in [0.5, 0.6) is 0 Å². The highest BCUT2D eigenvalue weighted by Crippen LogP contribution is 2.24. The van der Waals surface area contributed by atoms with E-state index in [2.05, 4.69) is 10.0 Å². The zero-order valence-corrected chi connectivity index (χ0v) is 12.0. The highest BCUT2D eigenvalue weighted by atomic mass is 32.2. The lowest BCUT2D eigenvalue weighted by atomic mass is 10.1. The maximum absolute atomic E-state index is 11.7. The van der Waals surface area contributed by atoms with Gasteiger partial charge in [-0.1, -0.05) is 6.07 Å². The number of nitrogens with one attached hydrogen (secondary N) is 2. The molecule has 0 saturated carbocycles. The molecule has 0 aliphatic carbocycles. The predicted molar refractivity (Wildman–Crippen MR) is 76.6 cm³/mol. The van der Waals surface area contributed by atoms with Crippen LogP contribution in [0, 0.1) is 5.92 Å². The molecule has 0 spiro atoms. The summed E-state index contributed by atoms with van der Waals surface area (Å²) in [4.78, 5) is 0.302. The van der Waals surface area contributed by atoms with E-state index in [1.54, 1.807) is 18.2 Å². The first-order chi connectivity index (χ1) is 8.62. The number of hydrogen-bond donors (Lipinski definition) is 2. The molecule has 0 bridgehead atoms. The molecular formula is C12H18N2O2S2. The Labute approximate surface area is 113 Å². The van der Waals surface area contributed by atoms with Gasteiger partial charge in [-0.05, 0) is 49.1 Å². The number of hydrogen-bond acceptors (Lipinski definition) is 4. The molecule has 4 nitrogen and oxygen atoms in total. The third kappa shape index (κ3) is 3.40. The Morgan fingerprint density at radius 1 is 1.44 bits per heavy atom. The molecule has 0 aromatic heterocycles. The van der Waals surface area contributed by atoms with Crippen LogP contribution >= 0.6 is 11.8 Å². The molecule has 0 amide bonds. The van der Waals surface area contributed by atoms with Gasteiger partial charge in [-0.2, -0.15) is 11.8 Å². The minimum absolute atomic E-state index is 0.302. The lowest BCUT2D eigenvalue weighted by Crippen LogP contribution is -2.19. The van der Waals surface area contributed by atoms with E-state index in [0.29, 0.717) is 10.8 Å². The first kappa shape index (κ1) is 13.7. The predicted octanol–water partition coefficient (Wildman–Crippen LogP) is 1.76. The van der Waals surface area contributed by atoms with E-state index < -0.39 is 10.0 Å². The van der Waals surface area contributed by atoms with Crippen LogP contribution in [0.4, 0.5) is 5.69 Å².